The molecule has 0 aliphatic carbocycles. The third-order valence-corrected chi connectivity index (χ3v) is 2.37. The molecule has 0 saturated carbocycles. The fourth-order valence-corrected chi connectivity index (χ4v) is 1.63. The quantitative estimate of drug-likeness (QED) is 0.848. The highest BCUT2D eigenvalue weighted by Gasteiger charge is 2.03. The molecule has 1 aromatic carbocycles. The van der Waals surface area contributed by atoms with Gasteiger partial charge in [0, 0.05) is 11.9 Å². The molecule has 1 aromatic heterocycles. The molecule has 0 spiro atoms. The number of aromatic nitrogens is 1. The summed E-state index contributed by atoms with van der Waals surface area (Å²) in [5, 5.41) is 3.86. The van der Waals surface area contributed by atoms with Gasteiger partial charge in [-0.3, -0.25) is 9.78 Å². The van der Waals surface area contributed by atoms with Crippen LogP contribution in [0, 0.1) is 0 Å². The Morgan fingerprint density at radius 1 is 1.25 bits per heavy atom. The van der Waals surface area contributed by atoms with Crippen molar-refractivity contribution in [1.29, 1.82) is 0 Å². The molecule has 0 radical (unpaired) electrons. The van der Waals surface area contributed by atoms with Gasteiger partial charge in [-0.1, -0.05) is 24.3 Å². The number of carbonyl (C=O) groups excluding carboxylic acids is 1. The lowest BCUT2D eigenvalue weighted by atomic mass is 10.2. The number of rotatable bonds is 3. The fourth-order valence-electron chi connectivity index (χ4n) is 1.63. The van der Waals surface area contributed by atoms with Crippen LogP contribution in [0.2, 0.25) is 0 Å². The summed E-state index contributed by atoms with van der Waals surface area (Å²) in [4.78, 5) is 15.8. The van der Waals surface area contributed by atoms with E-state index in [2.05, 4.69) is 10.3 Å². The first-order valence-electron chi connectivity index (χ1n) is 5.41. The molecule has 1 heterocycles. The van der Waals surface area contributed by atoms with Crippen LogP contribution in [0.3, 0.4) is 0 Å². The van der Waals surface area contributed by atoms with Crippen LogP contribution >= 0.6 is 0 Å². The van der Waals surface area contributed by atoms with E-state index in [0.29, 0.717) is 13.0 Å². The molecular weight excluding hydrogens is 200 g/mol. The Hall–Kier alpha value is -1.90. The maximum Gasteiger partial charge on any atom is 0.226 e. The number of amides is 1. The van der Waals surface area contributed by atoms with Crippen molar-refractivity contribution in [3.05, 3.63) is 42.1 Å². The second kappa shape index (κ2) is 4.75. The van der Waals surface area contributed by atoms with E-state index >= 15 is 0 Å². The molecule has 1 N–H and O–H groups in total. The van der Waals surface area contributed by atoms with Crippen molar-refractivity contribution in [2.75, 3.05) is 6.54 Å². The highest BCUT2D eigenvalue weighted by atomic mass is 16.1. The van der Waals surface area contributed by atoms with E-state index in [1.165, 1.54) is 0 Å². The summed E-state index contributed by atoms with van der Waals surface area (Å²) in [5.41, 5.74) is 1.74. The van der Waals surface area contributed by atoms with E-state index in [4.69, 9.17) is 0 Å². The normalized spacial score (nSPS) is 10.3. The van der Waals surface area contributed by atoms with Gasteiger partial charge in [-0.25, -0.2) is 0 Å². The molecule has 0 atom stereocenters. The average molecular weight is 214 g/mol. The number of para-hydroxylation sites is 1. The highest BCUT2D eigenvalue weighted by Crippen LogP contribution is 2.11. The molecule has 3 heteroatoms. The fraction of sp³-hybridized carbons (Fsp3) is 0.231. The van der Waals surface area contributed by atoms with Crippen molar-refractivity contribution in [2.45, 2.75) is 13.3 Å². The van der Waals surface area contributed by atoms with E-state index < -0.39 is 0 Å². The molecule has 0 fully saturated rings. The molecule has 0 aliphatic heterocycles. The zero-order valence-electron chi connectivity index (χ0n) is 9.23. The maximum atomic E-state index is 11.4. The van der Waals surface area contributed by atoms with Crippen molar-refractivity contribution < 1.29 is 4.79 Å². The number of carbonyl (C=O) groups is 1. The van der Waals surface area contributed by atoms with Gasteiger partial charge >= 0.3 is 0 Å². The zero-order chi connectivity index (χ0) is 11.4. The Bertz CT molecular complexity index is 508. The molecule has 0 bridgehead atoms. The van der Waals surface area contributed by atoms with Crippen LogP contribution < -0.4 is 5.32 Å². The molecular formula is C13H14N2O. The smallest absolute Gasteiger partial charge is 0.226 e. The van der Waals surface area contributed by atoms with Gasteiger partial charge in [-0.2, -0.15) is 0 Å². The lowest BCUT2D eigenvalue weighted by Crippen LogP contribution is -2.24. The van der Waals surface area contributed by atoms with Crippen LogP contribution in [0.15, 0.2) is 36.4 Å². The minimum atomic E-state index is 0.0188. The van der Waals surface area contributed by atoms with Gasteiger partial charge in [-0.15, -0.1) is 0 Å². The summed E-state index contributed by atoms with van der Waals surface area (Å²) in [5.74, 6) is 0.0188. The number of nitrogens with zero attached hydrogens (tertiary/aromatic N) is 1. The summed E-state index contributed by atoms with van der Waals surface area (Å²) >= 11 is 0. The Morgan fingerprint density at radius 2 is 2.06 bits per heavy atom. The molecule has 82 valence electrons. The average Bonchev–Trinajstić information content (AvgIpc) is 2.29. The van der Waals surface area contributed by atoms with Gasteiger partial charge in [0.25, 0.3) is 0 Å². The largest absolute Gasteiger partial charge is 0.356 e. The summed E-state index contributed by atoms with van der Waals surface area (Å²) in [6.07, 6.45) is 0.346. The summed E-state index contributed by atoms with van der Waals surface area (Å²) in [6, 6.07) is 11.8. The Morgan fingerprint density at radius 3 is 2.88 bits per heavy atom. The van der Waals surface area contributed by atoms with Crippen LogP contribution in [0.25, 0.3) is 10.9 Å². The SMILES string of the molecule is CCNC(=O)Cc1ccc2ccccc2n1. The van der Waals surface area contributed by atoms with Crippen molar-refractivity contribution in [3.63, 3.8) is 0 Å². The van der Waals surface area contributed by atoms with E-state index in [9.17, 15) is 4.79 Å². The first-order valence-corrected chi connectivity index (χ1v) is 5.41. The summed E-state index contributed by atoms with van der Waals surface area (Å²) in [6.45, 7) is 2.57. The number of likely N-dealkylation sites (N-methyl/N-ethyl adjacent to an activating group) is 1. The van der Waals surface area contributed by atoms with Gasteiger partial charge in [0.2, 0.25) is 5.91 Å². The number of pyridine rings is 1. The van der Waals surface area contributed by atoms with Crippen molar-refractivity contribution in [1.82, 2.24) is 10.3 Å². The minimum absolute atomic E-state index is 0.0188. The summed E-state index contributed by atoms with van der Waals surface area (Å²) < 4.78 is 0. The second-order valence-electron chi connectivity index (χ2n) is 3.63. The van der Waals surface area contributed by atoms with E-state index in [-0.39, 0.29) is 5.91 Å². The number of benzene rings is 1. The summed E-state index contributed by atoms with van der Waals surface area (Å²) in [7, 11) is 0. The van der Waals surface area contributed by atoms with Crippen molar-refractivity contribution in [3.8, 4) is 0 Å². The molecule has 0 aliphatic rings. The Balaban J connectivity index is 2.22. The molecule has 2 rings (SSSR count). The Kier molecular flexibility index (Phi) is 3.15. The molecule has 1 amide bonds. The zero-order valence-corrected chi connectivity index (χ0v) is 9.23. The van der Waals surface area contributed by atoms with Gasteiger partial charge < -0.3 is 5.32 Å². The van der Waals surface area contributed by atoms with E-state index in [0.717, 1.165) is 16.6 Å². The minimum Gasteiger partial charge on any atom is -0.356 e. The van der Waals surface area contributed by atoms with Crippen LogP contribution in [0.4, 0.5) is 0 Å². The van der Waals surface area contributed by atoms with E-state index in [1.807, 2.05) is 43.3 Å². The molecule has 2 aromatic rings. The van der Waals surface area contributed by atoms with Gasteiger partial charge in [0.1, 0.15) is 0 Å². The number of hydrogen-bond acceptors (Lipinski definition) is 2. The molecule has 3 nitrogen and oxygen atoms in total. The lowest BCUT2D eigenvalue weighted by Gasteiger charge is -2.03. The van der Waals surface area contributed by atoms with Crippen LogP contribution in [-0.4, -0.2) is 17.4 Å². The van der Waals surface area contributed by atoms with Gasteiger partial charge in [0.15, 0.2) is 0 Å². The number of fused-ring (bicyclic) bond motifs is 1. The van der Waals surface area contributed by atoms with Crippen LogP contribution in [0.1, 0.15) is 12.6 Å². The third-order valence-electron chi connectivity index (χ3n) is 2.37. The molecule has 0 unspecified atom stereocenters. The lowest BCUT2D eigenvalue weighted by molar-refractivity contribution is -0.120. The molecule has 0 saturated heterocycles. The predicted molar refractivity (Wildman–Crippen MR) is 64.1 cm³/mol. The first-order chi connectivity index (χ1) is 7.79. The first kappa shape index (κ1) is 10.6. The van der Waals surface area contributed by atoms with Crippen LogP contribution in [0.5, 0.6) is 0 Å². The predicted octanol–water partition coefficient (Wildman–Crippen LogP) is 1.91. The standard InChI is InChI=1S/C13H14N2O/c1-2-14-13(16)9-11-8-7-10-5-3-4-6-12(10)15-11/h3-8H,2,9H2,1H3,(H,14,16). The van der Waals surface area contributed by atoms with Crippen molar-refractivity contribution in [2.24, 2.45) is 0 Å². The van der Waals surface area contributed by atoms with Gasteiger partial charge in [-0.05, 0) is 19.1 Å². The van der Waals surface area contributed by atoms with E-state index in [1.54, 1.807) is 0 Å². The maximum absolute atomic E-state index is 11.4. The van der Waals surface area contributed by atoms with Gasteiger partial charge in [0.05, 0.1) is 17.6 Å². The third kappa shape index (κ3) is 2.37. The number of nitrogens with one attached hydrogen (secondary N) is 1. The molecule has 16 heavy (non-hydrogen) atoms. The second-order valence-corrected chi connectivity index (χ2v) is 3.63. The highest BCUT2D eigenvalue weighted by molar-refractivity contribution is 5.81. The monoisotopic (exact) mass is 214 g/mol. The Labute approximate surface area is 94.5 Å². The van der Waals surface area contributed by atoms with Crippen LogP contribution in [-0.2, 0) is 11.2 Å². The topological polar surface area (TPSA) is 42.0 Å². The number of hydrogen-bond donors (Lipinski definition) is 1. The van der Waals surface area contributed by atoms with Crippen molar-refractivity contribution >= 4 is 16.8 Å².